The lowest BCUT2D eigenvalue weighted by Crippen LogP contribution is -2.17. The molecule has 2 aromatic heterocycles. The van der Waals surface area contributed by atoms with Crippen LogP contribution in [0.1, 0.15) is 31.1 Å². The molecule has 0 fully saturated rings. The van der Waals surface area contributed by atoms with Crippen molar-refractivity contribution in [2.24, 2.45) is 0 Å². The Morgan fingerprint density at radius 2 is 2.14 bits per heavy atom. The third-order valence-electron chi connectivity index (χ3n) is 3.42. The van der Waals surface area contributed by atoms with E-state index in [1.54, 1.807) is 11.3 Å². The van der Waals surface area contributed by atoms with Crippen LogP contribution in [0.3, 0.4) is 0 Å². The summed E-state index contributed by atoms with van der Waals surface area (Å²) in [6, 6.07) is 9.23. The number of hydrogen-bond donors (Lipinski definition) is 1. The summed E-state index contributed by atoms with van der Waals surface area (Å²) in [5.41, 5.74) is 2.47. The second-order valence-corrected chi connectivity index (χ2v) is 6.88. The fourth-order valence-corrected chi connectivity index (χ4v) is 3.78. The van der Waals surface area contributed by atoms with Gasteiger partial charge in [0, 0.05) is 34.5 Å². The average molecular weight is 317 g/mol. The highest BCUT2D eigenvalue weighted by Crippen LogP contribution is 2.25. The molecule has 0 aliphatic heterocycles. The molecular weight excluding hydrogens is 298 g/mol. The molecule has 21 heavy (non-hydrogen) atoms. The fourth-order valence-electron chi connectivity index (χ4n) is 2.28. The fraction of sp³-hybridized carbons (Fsp3) is 0.312. The first-order valence-electron chi connectivity index (χ1n) is 7.13. The highest BCUT2D eigenvalue weighted by molar-refractivity contribution is 7.98. The van der Waals surface area contributed by atoms with Gasteiger partial charge in [-0.25, -0.2) is 4.98 Å². The topological polar surface area (TPSA) is 29.3 Å². The number of nitrogens with one attached hydrogen (secondary N) is 1. The zero-order valence-electron chi connectivity index (χ0n) is 12.2. The van der Waals surface area contributed by atoms with Crippen molar-refractivity contribution in [3.63, 3.8) is 0 Å². The second-order valence-electron chi connectivity index (χ2n) is 4.96. The molecule has 0 amide bonds. The number of benzene rings is 1. The molecule has 1 atom stereocenters. The first kappa shape index (κ1) is 14.6. The van der Waals surface area contributed by atoms with E-state index >= 15 is 0 Å². The van der Waals surface area contributed by atoms with E-state index in [-0.39, 0.29) is 0 Å². The molecule has 0 radical (unpaired) electrons. The molecule has 0 aliphatic rings. The van der Waals surface area contributed by atoms with Crippen LogP contribution in [0, 0.1) is 0 Å². The van der Waals surface area contributed by atoms with E-state index < -0.39 is 0 Å². The van der Waals surface area contributed by atoms with Gasteiger partial charge in [-0.1, -0.05) is 19.1 Å². The zero-order valence-corrected chi connectivity index (χ0v) is 13.9. The highest BCUT2D eigenvalue weighted by Gasteiger charge is 2.05. The second kappa shape index (κ2) is 6.64. The minimum atomic E-state index is 0.411. The summed E-state index contributed by atoms with van der Waals surface area (Å²) < 4.78 is 2.09. The smallest absolute Gasteiger partial charge is 0.193 e. The SMILES string of the molecule is CCNC(C)c1ccc(SCc2cn3ccsc3n2)cc1. The molecule has 3 aromatic rings. The van der Waals surface area contributed by atoms with Crippen LogP contribution in [0.15, 0.2) is 46.9 Å². The van der Waals surface area contributed by atoms with Crippen molar-refractivity contribution in [3.05, 3.63) is 53.3 Å². The maximum Gasteiger partial charge on any atom is 0.193 e. The maximum atomic E-state index is 4.61. The van der Waals surface area contributed by atoms with Gasteiger partial charge in [0.2, 0.25) is 0 Å². The van der Waals surface area contributed by atoms with Crippen LogP contribution >= 0.6 is 23.1 Å². The molecule has 0 saturated heterocycles. The van der Waals surface area contributed by atoms with Gasteiger partial charge in [0.05, 0.1) is 5.69 Å². The van der Waals surface area contributed by atoms with Crippen LogP contribution < -0.4 is 5.32 Å². The van der Waals surface area contributed by atoms with E-state index in [0.717, 1.165) is 23.0 Å². The monoisotopic (exact) mass is 317 g/mol. The predicted octanol–water partition coefficient (Wildman–Crippen LogP) is 4.36. The van der Waals surface area contributed by atoms with Gasteiger partial charge in [0.1, 0.15) is 0 Å². The minimum Gasteiger partial charge on any atom is -0.310 e. The Morgan fingerprint density at radius 1 is 1.33 bits per heavy atom. The average Bonchev–Trinajstić information content (AvgIpc) is 3.07. The van der Waals surface area contributed by atoms with E-state index in [0.29, 0.717) is 6.04 Å². The Labute approximate surface area is 133 Å². The summed E-state index contributed by atoms with van der Waals surface area (Å²) in [7, 11) is 0. The van der Waals surface area contributed by atoms with Crippen LogP contribution in [0.5, 0.6) is 0 Å². The standard InChI is InChI=1S/C16H19N3S2/c1-3-17-12(2)13-4-6-15(7-5-13)21-11-14-10-19-8-9-20-16(19)18-14/h4-10,12,17H,3,11H2,1-2H3. The lowest BCUT2D eigenvalue weighted by molar-refractivity contribution is 0.598. The third-order valence-corrected chi connectivity index (χ3v) is 5.24. The number of nitrogens with zero attached hydrogens (tertiary/aromatic N) is 2. The largest absolute Gasteiger partial charge is 0.310 e. The Hall–Kier alpha value is -1.30. The number of thioether (sulfide) groups is 1. The van der Waals surface area contributed by atoms with Gasteiger partial charge in [-0.05, 0) is 31.2 Å². The summed E-state index contributed by atoms with van der Waals surface area (Å²) in [5.74, 6) is 0.913. The van der Waals surface area contributed by atoms with E-state index in [2.05, 4.69) is 70.6 Å². The van der Waals surface area contributed by atoms with E-state index in [1.165, 1.54) is 10.5 Å². The molecule has 1 N–H and O–H groups in total. The highest BCUT2D eigenvalue weighted by atomic mass is 32.2. The van der Waals surface area contributed by atoms with Crippen molar-refractivity contribution in [1.82, 2.24) is 14.7 Å². The number of rotatable bonds is 6. The quantitative estimate of drug-likeness (QED) is 0.685. The molecule has 0 bridgehead atoms. The number of fused-ring (bicyclic) bond motifs is 1. The van der Waals surface area contributed by atoms with Crippen LogP contribution in [0.2, 0.25) is 0 Å². The number of aromatic nitrogens is 2. The van der Waals surface area contributed by atoms with Gasteiger partial charge < -0.3 is 5.32 Å². The normalized spacial score (nSPS) is 12.9. The summed E-state index contributed by atoms with van der Waals surface area (Å²) in [5, 5.41) is 5.49. The molecule has 3 nitrogen and oxygen atoms in total. The number of hydrogen-bond acceptors (Lipinski definition) is 4. The van der Waals surface area contributed by atoms with Crippen molar-refractivity contribution in [3.8, 4) is 0 Å². The van der Waals surface area contributed by atoms with Crippen LogP contribution in [0.4, 0.5) is 0 Å². The number of imidazole rings is 1. The van der Waals surface area contributed by atoms with E-state index in [1.807, 2.05) is 11.8 Å². The van der Waals surface area contributed by atoms with E-state index in [9.17, 15) is 0 Å². The van der Waals surface area contributed by atoms with Gasteiger partial charge in [-0.15, -0.1) is 23.1 Å². The molecule has 1 aromatic carbocycles. The van der Waals surface area contributed by atoms with Crippen molar-refractivity contribution < 1.29 is 0 Å². The summed E-state index contributed by atoms with van der Waals surface area (Å²) >= 11 is 3.51. The number of thiazole rings is 1. The predicted molar refractivity (Wildman–Crippen MR) is 91.2 cm³/mol. The maximum absolute atomic E-state index is 4.61. The molecule has 5 heteroatoms. The molecule has 0 saturated carbocycles. The van der Waals surface area contributed by atoms with Crippen LogP contribution in [-0.2, 0) is 5.75 Å². The van der Waals surface area contributed by atoms with Gasteiger partial charge in [-0.3, -0.25) is 4.40 Å². The van der Waals surface area contributed by atoms with Crippen LogP contribution in [-0.4, -0.2) is 15.9 Å². The molecular formula is C16H19N3S2. The summed E-state index contributed by atoms with van der Waals surface area (Å²) in [6.45, 7) is 5.33. The van der Waals surface area contributed by atoms with Crippen LogP contribution in [0.25, 0.3) is 4.96 Å². The summed E-state index contributed by atoms with van der Waals surface area (Å²) in [4.78, 5) is 6.97. The molecule has 3 rings (SSSR count). The molecule has 0 spiro atoms. The third kappa shape index (κ3) is 3.48. The van der Waals surface area contributed by atoms with Crippen molar-refractivity contribution in [2.75, 3.05) is 6.54 Å². The van der Waals surface area contributed by atoms with Gasteiger partial charge in [-0.2, -0.15) is 0 Å². The lowest BCUT2D eigenvalue weighted by Gasteiger charge is -2.12. The van der Waals surface area contributed by atoms with Gasteiger partial charge in [0.25, 0.3) is 0 Å². The van der Waals surface area contributed by atoms with Crippen molar-refractivity contribution in [2.45, 2.75) is 30.5 Å². The Morgan fingerprint density at radius 3 is 2.86 bits per heavy atom. The van der Waals surface area contributed by atoms with Crippen molar-refractivity contribution in [1.29, 1.82) is 0 Å². The first-order chi connectivity index (χ1) is 10.3. The van der Waals surface area contributed by atoms with Gasteiger partial charge in [0.15, 0.2) is 4.96 Å². The van der Waals surface area contributed by atoms with E-state index in [4.69, 9.17) is 0 Å². The molecule has 0 aliphatic carbocycles. The first-order valence-corrected chi connectivity index (χ1v) is 9.00. The Balaban J connectivity index is 1.61. The summed E-state index contributed by atoms with van der Waals surface area (Å²) in [6.07, 6.45) is 4.17. The minimum absolute atomic E-state index is 0.411. The van der Waals surface area contributed by atoms with Gasteiger partial charge >= 0.3 is 0 Å². The molecule has 2 heterocycles. The molecule has 110 valence electrons. The molecule has 1 unspecified atom stereocenters. The zero-order chi connectivity index (χ0) is 14.7. The van der Waals surface area contributed by atoms with Crippen molar-refractivity contribution >= 4 is 28.1 Å². The Kier molecular flexibility index (Phi) is 4.63. The Bertz CT molecular complexity index is 671. The lowest BCUT2D eigenvalue weighted by atomic mass is 10.1.